The Balaban J connectivity index is -0.000000270. The molecule has 0 unspecified atom stereocenters. The van der Waals surface area contributed by atoms with Crippen LogP contribution in [0.5, 0.6) is 0 Å². The molecule has 5 heteroatoms. The van der Waals surface area contributed by atoms with E-state index in [9.17, 15) is 9.90 Å². The molecule has 2 nitrogen and oxygen atoms in total. The minimum atomic E-state index is -1.13. The van der Waals surface area contributed by atoms with Gasteiger partial charge in [0.05, 0.1) is 5.97 Å². The standard InChI is InChI=1S/C7H6O2.Ca.ClH.Na/c8-7(9)6-4-2-1-3-5-6;;;/h1-5H,(H,8,9);;1H;/q;+2;;+1/p-2. The van der Waals surface area contributed by atoms with Crippen LogP contribution in [0.1, 0.15) is 10.4 Å². The number of carboxylic acid groups (broad SMARTS) is 1. The first-order valence-corrected chi connectivity index (χ1v) is 2.57. The van der Waals surface area contributed by atoms with E-state index < -0.39 is 5.97 Å². The molecule has 0 fully saturated rings. The van der Waals surface area contributed by atoms with Crippen molar-refractivity contribution in [2.45, 2.75) is 0 Å². The Bertz CT molecular complexity index is 218. The second-order valence-electron chi connectivity index (χ2n) is 1.65. The Hall–Kier alpha value is 1.24. The van der Waals surface area contributed by atoms with Gasteiger partial charge in [0.2, 0.25) is 0 Å². The van der Waals surface area contributed by atoms with E-state index in [-0.39, 0.29) is 85.3 Å². The number of carboxylic acids is 1. The molecule has 0 amide bonds. The number of carbonyl (C=O) groups excluding carboxylic acids is 1. The molecule has 0 aliphatic heterocycles. The SMILES string of the molecule is O=C([O-])c1ccccc1.[Ca+2].[Cl-].[Na+]. The van der Waals surface area contributed by atoms with E-state index in [1.165, 1.54) is 12.1 Å². The predicted octanol–water partition coefficient (Wildman–Crippen LogP) is -6.32. The van der Waals surface area contributed by atoms with Crippen molar-refractivity contribution in [2.75, 3.05) is 0 Å². The van der Waals surface area contributed by atoms with Crippen molar-refractivity contribution in [3.05, 3.63) is 35.9 Å². The van der Waals surface area contributed by atoms with E-state index in [2.05, 4.69) is 0 Å². The minimum Gasteiger partial charge on any atom is -1.00 e. The van der Waals surface area contributed by atoms with E-state index >= 15 is 0 Å². The van der Waals surface area contributed by atoms with Gasteiger partial charge in [0, 0.05) is 0 Å². The van der Waals surface area contributed by atoms with Gasteiger partial charge >= 0.3 is 67.3 Å². The van der Waals surface area contributed by atoms with Gasteiger partial charge in [-0.3, -0.25) is 0 Å². The fraction of sp³-hybridized carbons (Fsp3) is 0. The maximum atomic E-state index is 10.1. The van der Waals surface area contributed by atoms with Crippen LogP contribution in [0.2, 0.25) is 0 Å². The monoisotopic (exact) mass is 219 g/mol. The molecular formula is C7H5CaClNaO2+. The summed E-state index contributed by atoms with van der Waals surface area (Å²) in [5.74, 6) is -1.13. The van der Waals surface area contributed by atoms with Gasteiger partial charge in [-0.2, -0.15) is 0 Å². The van der Waals surface area contributed by atoms with Crippen LogP contribution in [0, 0.1) is 0 Å². The summed E-state index contributed by atoms with van der Waals surface area (Å²) in [5.41, 5.74) is 0.220. The van der Waals surface area contributed by atoms with E-state index in [1.54, 1.807) is 18.2 Å². The smallest absolute Gasteiger partial charge is 1.00 e. The molecule has 0 spiro atoms. The Morgan fingerprint density at radius 1 is 1.17 bits per heavy atom. The van der Waals surface area contributed by atoms with Crippen LogP contribution in [0.15, 0.2) is 30.3 Å². The zero-order valence-corrected chi connectivity index (χ0v) is 11.8. The molecule has 1 rings (SSSR count). The molecular weight excluding hydrogens is 215 g/mol. The van der Waals surface area contributed by atoms with Gasteiger partial charge in [-0.15, -0.1) is 0 Å². The molecule has 0 saturated heterocycles. The normalized spacial score (nSPS) is 6.67. The zero-order valence-electron chi connectivity index (χ0n) is 6.79. The average Bonchev–Trinajstić information content (AvgIpc) is 1.90. The predicted molar refractivity (Wildman–Crippen MR) is 36.5 cm³/mol. The molecule has 0 radical (unpaired) electrons. The minimum absolute atomic E-state index is 0. The molecule has 1 aromatic carbocycles. The summed E-state index contributed by atoms with van der Waals surface area (Å²) in [6.07, 6.45) is 0. The molecule has 12 heavy (non-hydrogen) atoms. The molecule has 0 aromatic heterocycles. The van der Waals surface area contributed by atoms with Gasteiger partial charge in [0.25, 0.3) is 0 Å². The first-order chi connectivity index (χ1) is 4.30. The zero-order chi connectivity index (χ0) is 6.69. The summed E-state index contributed by atoms with van der Waals surface area (Å²) >= 11 is 0. The summed E-state index contributed by atoms with van der Waals surface area (Å²) in [5, 5.41) is 10.1. The first kappa shape index (κ1) is 18.9. The number of aromatic carboxylic acids is 1. The third-order valence-electron chi connectivity index (χ3n) is 1.01. The summed E-state index contributed by atoms with van der Waals surface area (Å²) in [7, 11) is 0. The number of carbonyl (C=O) groups is 1. The van der Waals surface area contributed by atoms with Gasteiger partial charge in [-0.05, 0) is 5.56 Å². The van der Waals surface area contributed by atoms with Crippen molar-refractivity contribution in [2.24, 2.45) is 0 Å². The average molecular weight is 220 g/mol. The first-order valence-electron chi connectivity index (χ1n) is 2.57. The molecule has 0 aliphatic rings. The molecule has 0 heterocycles. The summed E-state index contributed by atoms with van der Waals surface area (Å²) in [6.45, 7) is 0. The molecule has 0 aliphatic carbocycles. The number of benzene rings is 1. The van der Waals surface area contributed by atoms with Gasteiger partial charge in [0.1, 0.15) is 0 Å². The van der Waals surface area contributed by atoms with Crippen LogP contribution < -0.4 is 47.1 Å². The van der Waals surface area contributed by atoms with Crippen LogP contribution in [0.4, 0.5) is 0 Å². The van der Waals surface area contributed by atoms with E-state index in [0.29, 0.717) is 0 Å². The van der Waals surface area contributed by atoms with E-state index in [4.69, 9.17) is 0 Å². The van der Waals surface area contributed by atoms with Crippen molar-refractivity contribution in [3.63, 3.8) is 0 Å². The fourth-order valence-electron chi connectivity index (χ4n) is 0.574. The van der Waals surface area contributed by atoms with Gasteiger partial charge in [-0.25, -0.2) is 0 Å². The fourth-order valence-corrected chi connectivity index (χ4v) is 0.574. The molecule has 1 aromatic rings. The number of halogens is 1. The van der Waals surface area contributed by atoms with Crippen molar-refractivity contribution in [3.8, 4) is 0 Å². The Labute approximate surface area is 129 Å². The summed E-state index contributed by atoms with van der Waals surface area (Å²) in [6, 6.07) is 8.06. The van der Waals surface area contributed by atoms with Crippen LogP contribution in [-0.4, -0.2) is 43.7 Å². The quantitative estimate of drug-likeness (QED) is 0.441. The van der Waals surface area contributed by atoms with Crippen molar-refractivity contribution in [1.29, 1.82) is 0 Å². The van der Waals surface area contributed by atoms with Gasteiger partial charge in [-0.1, -0.05) is 30.3 Å². The number of hydrogen-bond donors (Lipinski definition) is 0. The Morgan fingerprint density at radius 3 is 1.83 bits per heavy atom. The van der Waals surface area contributed by atoms with Crippen molar-refractivity contribution in [1.82, 2.24) is 0 Å². The molecule has 0 saturated carbocycles. The molecule has 0 bridgehead atoms. The Kier molecular flexibility index (Phi) is 16.3. The number of rotatable bonds is 1. The van der Waals surface area contributed by atoms with Crippen LogP contribution in [-0.2, 0) is 0 Å². The largest absolute Gasteiger partial charge is 2.00 e. The third kappa shape index (κ3) is 6.72. The second kappa shape index (κ2) is 10.3. The van der Waals surface area contributed by atoms with Crippen molar-refractivity contribution < 1.29 is 51.9 Å². The van der Waals surface area contributed by atoms with Crippen LogP contribution >= 0.6 is 0 Å². The maximum Gasteiger partial charge on any atom is 2.00 e. The van der Waals surface area contributed by atoms with Crippen LogP contribution in [0.3, 0.4) is 0 Å². The topological polar surface area (TPSA) is 40.1 Å². The Morgan fingerprint density at radius 2 is 1.58 bits per heavy atom. The second-order valence-corrected chi connectivity index (χ2v) is 1.65. The molecule has 0 N–H and O–H groups in total. The van der Waals surface area contributed by atoms with Gasteiger partial charge < -0.3 is 22.3 Å². The summed E-state index contributed by atoms with van der Waals surface area (Å²) in [4.78, 5) is 10.1. The number of hydrogen-bond acceptors (Lipinski definition) is 2. The maximum absolute atomic E-state index is 10.1. The molecule has 54 valence electrons. The van der Waals surface area contributed by atoms with Crippen LogP contribution in [0.25, 0.3) is 0 Å². The van der Waals surface area contributed by atoms with Gasteiger partial charge in [0.15, 0.2) is 0 Å². The third-order valence-corrected chi connectivity index (χ3v) is 1.01. The van der Waals surface area contributed by atoms with E-state index in [1.807, 2.05) is 0 Å². The van der Waals surface area contributed by atoms with Crippen molar-refractivity contribution >= 4 is 43.7 Å². The summed E-state index contributed by atoms with van der Waals surface area (Å²) < 4.78 is 0. The van der Waals surface area contributed by atoms with E-state index in [0.717, 1.165) is 0 Å². The molecule has 0 atom stereocenters.